The molecule has 1 N–H and O–H groups in total. The Labute approximate surface area is 185 Å². The molecular weight excluding hydrogens is 442 g/mol. The molecule has 2 aromatic rings. The lowest BCUT2D eigenvalue weighted by Gasteiger charge is -2.20. The summed E-state index contributed by atoms with van der Waals surface area (Å²) < 4.78 is 42.1. The highest BCUT2D eigenvalue weighted by atomic mass is 32.2. The highest BCUT2D eigenvalue weighted by molar-refractivity contribution is 7.88. The van der Waals surface area contributed by atoms with E-state index >= 15 is 0 Å². The Morgan fingerprint density at radius 3 is 2.65 bits per heavy atom. The van der Waals surface area contributed by atoms with Crippen LogP contribution in [0.1, 0.15) is 26.5 Å². The predicted molar refractivity (Wildman–Crippen MR) is 116 cm³/mol. The lowest BCUT2D eigenvalue weighted by molar-refractivity contribution is -0.0702. The molecule has 1 aromatic heterocycles. The number of nitrogens with zero attached hydrogens (tertiary/aromatic N) is 1. The molecule has 0 saturated carbocycles. The minimum absolute atomic E-state index is 0.127. The number of hydrogen-bond donors (Lipinski definition) is 1. The van der Waals surface area contributed by atoms with Gasteiger partial charge < -0.3 is 19.3 Å². The Balaban J connectivity index is 1.40. The van der Waals surface area contributed by atoms with E-state index in [0.717, 1.165) is 16.7 Å². The van der Waals surface area contributed by atoms with Crippen LogP contribution in [0.5, 0.6) is 0 Å². The standard InChI is InChI=1S/C21H25NO7S2/c1-31(25,26)22(11-5-8-17-9-10-18(30-17)21(23)24)12-13-27-20-15-28-19(29-20)14-16-6-3-2-4-7-16/h2-4,6-7,9-10,15,19H,5,8,11-14H2,1H3,(H,23,24). The van der Waals surface area contributed by atoms with Gasteiger partial charge in [-0.2, -0.15) is 4.31 Å². The molecular formula is C21H25NO7S2. The zero-order valence-corrected chi connectivity index (χ0v) is 18.7. The monoisotopic (exact) mass is 467 g/mol. The molecule has 0 fully saturated rings. The van der Waals surface area contributed by atoms with Crippen molar-refractivity contribution < 1.29 is 32.5 Å². The Bertz CT molecular complexity index is 1000. The molecule has 1 aromatic carbocycles. The summed E-state index contributed by atoms with van der Waals surface area (Å²) in [6.45, 7) is 0.617. The van der Waals surface area contributed by atoms with Gasteiger partial charge in [-0.1, -0.05) is 30.3 Å². The smallest absolute Gasteiger partial charge is 0.345 e. The summed E-state index contributed by atoms with van der Waals surface area (Å²) in [5, 5.41) is 8.98. The average Bonchev–Trinajstić information content (AvgIpc) is 3.36. The molecule has 31 heavy (non-hydrogen) atoms. The summed E-state index contributed by atoms with van der Waals surface area (Å²) in [6, 6.07) is 13.1. The SMILES string of the molecule is CS(=O)(=O)N(CCCc1ccc(C(=O)O)s1)CCOC1=COC(Cc2ccccc2)O1. The second-order valence-electron chi connectivity index (χ2n) is 7.00. The number of carboxylic acids is 1. The molecule has 1 unspecified atom stereocenters. The first-order valence-electron chi connectivity index (χ1n) is 9.77. The Kier molecular flexibility index (Phi) is 7.94. The van der Waals surface area contributed by atoms with Crippen molar-refractivity contribution >= 4 is 27.3 Å². The fourth-order valence-corrected chi connectivity index (χ4v) is 4.78. The normalized spacial score (nSPS) is 15.9. The van der Waals surface area contributed by atoms with Gasteiger partial charge >= 0.3 is 11.9 Å². The number of rotatable bonds is 12. The number of aryl methyl sites for hydroxylation is 1. The first kappa shape index (κ1) is 23.1. The quantitative estimate of drug-likeness (QED) is 0.512. The number of benzene rings is 1. The average molecular weight is 468 g/mol. The molecule has 0 aliphatic carbocycles. The van der Waals surface area contributed by atoms with Crippen LogP contribution in [0.4, 0.5) is 0 Å². The van der Waals surface area contributed by atoms with Gasteiger partial charge in [0, 0.05) is 24.4 Å². The topological polar surface area (TPSA) is 102 Å². The van der Waals surface area contributed by atoms with Crippen LogP contribution in [0.3, 0.4) is 0 Å². The molecule has 168 valence electrons. The van der Waals surface area contributed by atoms with Crippen LogP contribution in [0, 0.1) is 0 Å². The van der Waals surface area contributed by atoms with E-state index in [1.807, 2.05) is 30.3 Å². The van der Waals surface area contributed by atoms with Gasteiger partial charge in [-0.15, -0.1) is 11.3 Å². The fourth-order valence-electron chi connectivity index (χ4n) is 3.03. The first-order valence-corrected chi connectivity index (χ1v) is 12.4. The molecule has 3 rings (SSSR count). The highest BCUT2D eigenvalue weighted by Gasteiger charge is 2.22. The lowest BCUT2D eigenvalue weighted by Crippen LogP contribution is -2.34. The minimum Gasteiger partial charge on any atom is -0.477 e. The van der Waals surface area contributed by atoms with Crippen LogP contribution in [0.25, 0.3) is 0 Å². The van der Waals surface area contributed by atoms with Crippen molar-refractivity contribution in [2.45, 2.75) is 25.6 Å². The van der Waals surface area contributed by atoms with Crippen molar-refractivity contribution in [2.24, 2.45) is 0 Å². The third-order valence-electron chi connectivity index (χ3n) is 4.57. The number of thiophene rings is 1. The molecule has 0 radical (unpaired) electrons. The summed E-state index contributed by atoms with van der Waals surface area (Å²) >= 11 is 1.21. The fraction of sp³-hybridized carbons (Fsp3) is 0.381. The van der Waals surface area contributed by atoms with E-state index < -0.39 is 22.3 Å². The molecule has 0 saturated heterocycles. The van der Waals surface area contributed by atoms with Gasteiger partial charge in [0.25, 0.3) is 0 Å². The molecule has 1 aliphatic rings. The molecule has 0 amide bonds. The maximum atomic E-state index is 12.1. The van der Waals surface area contributed by atoms with E-state index in [-0.39, 0.29) is 24.0 Å². The van der Waals surface area contributed by atoms with E-state index in [0.29, 0.717) is 25.8 Å². The van der Waals surface area contributed by atoms with Crippen LogP contribution in [-0.2, 0) is 37.1 Å². The van der Waals surface area contributed by atoms with Crippen molar-refractivity contribution in [1.82, 2.24) is 4.31 Å². The lowest BCUT2D eigenvalue weighted by atomic mass is 10.1. The van der Waals surface area contributed by atoms with Crippen molar-refractivity contribution in [3.63, 3.8) is 0 Å². The van der Waals surface area contributed by atoms with Crippen molar-refractivity contribution in [3.8, 4) is 0 Å². The zero-order chi connectivity index (χ0) is 22.3. The number of aromatic carboxylic acids is 1. The number of sulfonamides is 1. The van der Waals surface area contributed by atoms with Crippen molar-refractivity contribution in [3.05, 3.63) is 70.0 Å². The number of hydrogen-bond acceptors (Lipinski definition) is 7. The van der Waals surface area contributed by atoms with Gasteiger partial charge in [-0.25, -0.2) is 13.2 Å². The van der Waals surface area contributed by atoms with Crippen LogP contribution in [0.2, 0.25) is 0 Å². The van der Waals surface area contributed by atoms with E-state index in [4.69, 9.17) is 19.3 Å². The van der Waals surface area contributed by atoms with Gasteiger partial charge in [-0.05, 0) is 30.5 Å². The van der Waals surface area contributed by atoms with Crippen molar-refractivity contribution in [1.29, 1.82) is 0 Å². The minimum atomic E-state index is -3.40. The maximum Gasteiger partial charge on any atom is 0.345 e. The zero-order valence-electron chi connectivity index (χ0n) is 17.1. The molecule has 0 bridgehead atoms. The molecule has 2 heterocycles. The summed E-state index contributed by atoms with van der Waals surface area (Å²) in [5.41, 5.74) is 1.08. The summed E-state index contributed by atoms with van der Waals surface area (Å²) in [6.07, 6.45) is 3.85. The van der Waals surface area contributed by atoms with E-state index in [1.54, 1.807) is 12.1 Å². The van der Waals surface area contributed by atoms with Gasteiger partial charge in [0.15, 0.2) is 6.26 Å². The van der Waals surface area contributed by atoms with Gasteiger partial charge in [0.2, 0.25) is 16.3 Å². The number of carboxylic acid groups (broad SMARTS) is 1. The largest absolute Gasteiger partial charge is 0.477 e. The van der Waals surface area contributed by atoms with Gasteiger partial charge in [0.1, 0.15) is 11.5 Å². The van der Waals surface area contributed by atoms with E-state index in [1.165, 1.54) is 21.9 Å². The maximum absolute atomic E-state index is 12.1. The molecule has 0 spiro atoms. The van der Waals surface area contributed by atoms with Crippen LogP contribution in [0.15, 0.2) is 54.7 Å². The Morgan fingerprint density at radius 2 is 1.97 bits per heavy atom. The first-order chi connectivity index (χ1) is 14.8. The molecule has 8 nitrogen and oxygen atoms in total. The van der Waals surface area contributed by atoms with Crippen molar-refractivity contribution in [2.75, 3.05) is 26.0 Å². The third kappa shape index (κ3) is 7.27. The molecule has 1 atom stereocenters. The van der Waals surface area contributed by atoms with E-state index in [2.05, 4.69) is 0 Å². The Morgan fingerprint density at radius 1 is 1.19 bits per heavy atom. The summed E-state index contributed by atoms with van der Waals surface area (Å²) in [7, 11) is -3.40. The molecule has 1 aliphatic heterocycles. The van der Waals surface area contributed by atoms with Crippen LogP contribution < -0.4 is 0 Å². The van der Waals surface area contributed by atoms with Crippen LogP contribution >= 0.6 is 11.3 Å². The number of carbonyl (C=O) groups is 1. The van der Waals surface area contributed by atoms with E-state index in [9.17, 15) is 13.2 Å². The van der Waals surface area contributed by atoms with Crippen LogP contribution in [-0.4, -0.2) is 56.0 Å². The third-order valence-corrected chi connectivity index (χ3v) is 7.00. The van der Waals surface area contributed by atoms with Gasteiger partial charge in [0.05, 0.1) is 6.26 Å². The van der Waals surface area contributed by atoms with Gasteiger partial charge in [-0.3, -0.25) is 0 Å². The Hall–Kier alpha value is -2.56. The second-order valence-corrected chi connectivity index (χ2v) is 10.1. The highest BCUT2D eigenvalue weighted by Crippen LogP contribution is 2.20. The number of ether oxygens (including phenoxy) is 3. The summed E-state index contributed by atoms with van der Waals surface area (Å²) in [4.78, 5) is 12.1. The second kappa shape index (κ2) is 10.7. The summed E-state index contributed by atoms with van der Waals surface area (Å²) in [5.74, 6) is -0.723. The molecule has 10 heteroatoms. The predicted octanol–water partition coefficient (Wildman–Crippen LogP) is 3.07.